The van der Waals surface area contributed by atoms with Gasteiger partial charge in [0.05, 0.1) is 43.0 Å². The second kappa shape index (κ2) is 16.2. The van der Waals surface area contributed by atoms with Crippen molar-refractivity contribution in [3.8, 4) is 33.6 Å². The lowest BCUT2D eigenvalue weighted by molar-refractivity contribution is -0.134. The molecule has 2 aromatic carbocycles. The Balaban J connectivity index is 0.994. The zero-order chi connectivity index (χ0) is 38.5. The lowest BCUT2D eigenvalue weighted by atomic mass is 10.0. The molecule has 15 nitrogen and oxygen atoms in total. The van der Waals surface area contributed by atoms with Crippen LogP contribution in [0.2, 0.25) is 0 Å². The molecule has 55 heavy (non-hydrogen) atoms. The number of hydrogen-bond acceptors (Lipinski definition) is 8. The number of nitrogens with one attached hydrogen (secondary N) is 4. The Hall–Kier alpha value is -6.51. The molecule has 0 spiro atoms. The number of benzene rings is 2. The molecule has 2 aliphatic rings. The molecule has 0 bridgehead atoms. The van der Waals surface area contributed by atoms with Crippen LogP contribution in [0, 0.1) is 0 Å². The number of imidazole rings is 2. The summed E-state index contributed by atoms with van der Waals surface area (Å²) in [5.41, 5.74) is 6.40. The van der Waals surface area contributed by atoms with Gasteiger partial charge in [-0.2, -0.15) is 0 Å². The molecule has 0 saturated carbocycles. The molecule has 0 radical (unpaired) electrons. The first-order valence-electron chi connectivity index (χ1n) is 18.3. The van der Waals surface area contributed by atoms with Crippen LogP contribution in [-0.2, 0) is 20.7 Å². The minimum Gasteiger partial charge on any atom is -0.465 e. The van der Waals surface area contributed by atoms with Crippen molar-refractivity contribution >= 4 is 24.0 Å². The van der Waals surface area contributed by atoms with E-state index in [0.717, 1.165) is 58.5 Å². The summed E-state index contributed by atoms with van der Waals surface area (Å²) in [6, 6.07) is 17.7. The fraction of sp³-hybridized carbons (Fsp3) is 0.325. The van der Waals surface area contributed by atoms with Gasteiger partial charge in [-0.05, 0) is 66.5 Å². The predicted octanol–water partition coefficient (Wildman–Crippen LogP) is 5.48. The van der Waals surface area contributed by atoms with E-state index in [4.69, 9.17) is 0 Å². The van der Waals surface area contributed by atoms with E-state index in [0.29, 0.717) is 31.2 Å². The highest BCUT2D eigenvalue weighted by Crippen LogP contribution is 2.34. The summed E-state index contributed by atoms with van der Waals surface area (Å²) in [6.45, 7) is 2.74. The van der Waals surface area contributed by atoms with Gasteiger partial charge in [0.15, 0.2) is 0 Å². The van der Waals surface area contributed by atoms with E-state index in [1.54, 1.807) is 47.6 Å². The number of nitrogens with zero attached hydrogens (tertiary/aromatic N) is 5. The largest absolute Gasteiger partial charge is 0.465 e. The molecule has 5 aromatic rings. The van der Waals surface area contributed by atoms with Gasteiger partial charge in [0, 0.05) is 31.9 Å². The van der Waals surface area contributed by atoms with Crippen LogP contribution in [0.25, 0.3) is 33.6 Å². The molecule has 5 N–H and O–H groups in total. The first kappa shape index (κ1) is 36.8. The lowest BCUT2D eigenvalue weighted by Gasteiger charge is -2.28. The van der Waals surface area contributed by atoms with E-state index >= 15 is 0 Å². The summed E-state index contributed by atoms with van der Waals surface area (Å²) >= 11 is 0. The summed E-state index contributed by atoms with van der Waals surface area (Å²) in [5, 5.41) is 14.4. The van der Waals surface area contributed by atoms with E-state index in [1.807, 2.05) is 42.5 Å². The molecule has 2 saturated heterocycles. The first-order valence-corrected chi connectivity index (χ1v) is 18.3. The van der Waals surface area contributed by atoms with Crippen molar-refractivity contribution in [3.63, 3.8) is 0 Å². The van der Waals surface area contributed by atoms with Crippen molar-refractivity contribution in [2.75, 3.05) is 20.2 Å². The van der Waals surface area contributed by atoms with E-state index in [1.165, 1.54) is 7.11 Å². The maximum Gasteiger partial charge on any atom is 0.407 e. The molecule has 2 aliphatic heterocycles. The summed E-state index contributed by atoms with van der Waals surface area (Å²) in [6.07, 6.45) is 8.23. The third-order valence-corrected chi connectivity index (χ3v) is 10.3. The van der Waals surface area contributed by atoms with Crippen LogP contribution in [0.4, 0.5) is 9.59 Å². The molecule has 5 heterocycles. The fourth-order valence-corrected chi connectivity index (χ4v) is 7.47. The van der Waals surface area contributed by atoms with Crippen molar-refractivity contribution in [2.45, 2.75) is 63.2 Å². The number of H-pyrrole nitrogens is 2. The van der Waals surface area contributed by atoms with E-state index in [2.05, 4.69) is 52.4 Å². The van der Waals surface area contributed by atoms with Gasteiger partial charge in [0.25, 0.3) is 0 Å². The maximum absolute atomic E-state index is 13.7. The smallest absolute Gasteiger partial charge is 0.407 e. The molecule has 15 heteroatoms. The molecule has 0 aliphatic carbocycles. The van der Waals surface area contributed by atoms with Gasteiger partial charge in [0.1, 0.15) is 23.7 Å². The number of hydrogen-bond donors (Lipinski definition) is 5. The number of aromatic nitrogens is 5. The topological polar surface area (TPSA) is 199 Å². The van der Waals surface area contributed by atoms with Crippen LogP contribution in [0.5, 0.6) is 0 Å². The van der Waals surface area contributed by atoms with Crippen LogP contribution >= 0.6 is 0 Å². The van der Waals surface area contributed by atoms with Gasteiger partial charge in [-0.25, -0.2) is 19.6 Å². The Labute approximate surface area is 317 Å². The quantitative estimate of drug-likeness (QED) is 0.116. The number of carbonyl (C=O) groups excluding carboxylic acids is 3. The number of ether oxygens (including phenoxy) is 1. The molecule has 3 aromatic heterocycles. The monoisotopic (exact) mass is 745 g/mol. The van der Waals surface area contributed by atoms with Crippen molar-refractivity contribution in [1.29, 1.82) is 0 Å². The number of rotatable bonds is 11. The highest BCUT2D eigenvalue weighted by Gasteiger charge is 2.37. The number of methoxy groups -OCH3 is 1. The van der Waals surface area contributed by atoms with Crippen molar-refractivity contribution in [2.24, 2.45) is 0 Å². The molecule has 0 unspecified atom stereocenters. The zero-order valence-corrected chi connectivity index (χ0v) is 30.6. The van der Waals surface area contributed by atoms with E-state index in [9.17, 15) is 24.3 Å². The van der Waals surface area contributed by atoms with Crippen molar-refractivity contribution < 1.29 is 29.0 Å². The normalized spacial score (nSPS) is 17.8. The maximum atomic E-state index is 13.7. The number of carbonyl (C=O) groups is 4. The summed E-state index contributed by atoms with van der Waals surface area (Å²) in [5.74, 6) is 0.902. The van der Waals surface area contributed by atoms with Crippen LogP contribution in [-0.4, -0.2) is 96.1 Å². The summed E-state index contributed by atoms with van der Waals surface area (Å²) in [7, 11) is 1.27. The van der Waals surface area contributed by atoms with Crippen LogP contribution in [0.3, 0.4) is 0 Å². The minimum atomic E-state index is -1.25. The number of likely N-dealkylation sites (tertiary alicyclic amines) is 2. The molecule has 284 valence electrons. The van der Waals surface area contributed by atoms with Gasteiger partial charge in [-0.15, -0.1) is 0 Å². The Morgan fingerprint density at radius 2 is 1.31 bits per heavy atom. The average Bonchev–Trinajstić information content (AvgIpc) is 4.04. The van der Waals surface area contributed by atoms with Gasteiger partial charge < -0.3 is 40.2 Å². The first-order chi connectivity index (χ1) is 26.7. The number of alkyl carbamates (subject to hydrolysis) is 1. The Kier molecular flexibility index (Phi) is 10.9. The van der Waals surface area contributed by atoms with E-state index in [-0.39, 0.29) is 30.3 Å². The van der Waals surface area contributed by atoms with Gasteiger partial charge >= 0.3 is 12.2 Å². The molecule has 4 atom stereocenters. The second-order valence-corrected chi connectivity index (χ2v) is 13.8. The average molecular weight is 746 g/mol. The molecular formula is C40H43N9O6. The predicted molar refractivity (Wildman–Crippen MR) is 202 cm³/mol. The number of pyridine rings is 1. The number of carboxylic acid groups (broad SMARTS) is 1. The number of amides is 4. The highest BCUT2D eigenvalue weighted by atomic mass is 16.5. The minimum absolute atomic E-state index is 0.181. The molecule has 7 rings (SSSR count). The van der Waals surface area contributed by atoms with E-state index < -0.39 is 24.3 Å². The summed E-state index contributed by atoms with van der Waals surface area (Å²) < 4.78 is 4.64. The second-order valence-electron chi connectivity index (χ2n) is 13.8. The SMILES string of the molecule is COC(=O)N[C@@H](C)C(=O)N1CCC[C@H]1c1ncc(-c2ccc(-c3ccc(-c4cnc([C@@H]5CCCN5C(=O)[C@H](Cc5cccnc5)NC(=O)O)[nH]4)cc3)cc2)[nH]1. The molecular weight excluding hydrogens is 702 g/mol. The number of aromatic amines is 2. The van der Waals surface area contributed by atoms with Gasteiger partial charge in [0.2, 0.25) is 11.8 Å². The van der Waals surface area contributed by atoms with Gasteiger partial charge in [-0.1, -0.05) is 54.6 Å². The van der Waals surface area contributed by atoms with Crippen LogP contribution in [0.15, 0.2) is 85.5 Å². The molecule has 4 amide bonds. The van der Waals surface area contributed by atoms with Crippen molar-refractivity contribution in [1.82, 2.24) is 45.4 Å². The third-order valence-electron chi connectivity index (χ3n) is 10.3. The Morgan fingerprint density at radius 1 is 0.782 bits per heavy atom. The van der Waals surface area contributed by atoms with Crippen molar-refractivity contribution in [3.05, 3.63) is 103 Å². The van der Waals surface area contributed by atoms with Crippen LogP contribution < -0.4 is 10.6 Å². The fourth-order valence-electron chi connectivity index (χ4n) is 7.47. The Morgan fingerprint density at radius 3 is 1.80 bits per heavy atom. The standard InChI is InChI=1S/C40H43N9O6/c1-24(44-40(54)55-2)37(50)48-18-4-7-33(48)35-42-22-31(45-35)28-13-9-26(10-14-28)27-11-15-29(16-12-27)32-23-43-36(46-32)34-8-5-19-49(34)38(51)30(47-39(52)53)20-25-6-3-17-41-21-25/h3,6,9-17,21-24,30,33-34,47H,4-5,7-8,18-20H2,1-2H3,(H,42,45)(H,43,46)(H,44,54)(H,52,53)/t24-,30-,33-,34-/m0/s1. The third kappa shape index (κ3) is 8.20. The lowest BCUT2D eigenvalue weighted by Crippen LogP contribution is -2.49. The molecule has 2 fully saturated rings. The van der Waals surface area contributed by atoms with Gasteiger partial charge in [-0.3, -0.25) is 14.6 Å². The summed E-state index contributed by atoms with van der Waals surface area (Å²) in [4.78, 5) is 73.6. The van der Waals surface area contributed by atoms with Crippen LogP contribution in [0.1, 0.15) is 61.9 Å². The zero-order valence-electron chi connectivity index (χ0n) is 30.6. The highest BCUT2D eigenvalue weighted by molar-refractivity contribution is 5.87. The Bertz CT molecular complexity index is 2130.